The van der Waals surface area contributed by atoms with Crippen LogP contribution in [0.5, 0.6) is 5.75 Å². The number of hydrogen-bond acceptors (Lipinski definition) is 3. The number of carbonyl (C=O) groups excluding carboxylic acids is 2. The van der Waals surface area contributed by atoms with Crippen molar-refractivity contribution in [2.75, 3.05) is 13.7 Å². The van der Waals surface area contributed by atoms with Crippen LogP contribution in [0.2, 0.25) is 0 Å². The van der Waals surface area contributed by atoms with Gasteiger partial charge in [-0.15, -0.1) is 0 Å². The predicted molar refractivity (Wildman–Crippen MR) is 116 cm³/mol. The molecule has 0 aliphatic rings. The van der Waals surface area contributed by atoms with Crippen LogP contribution in [-0.2, 0) is 22.6 Å². The first-order valence-corrected chi connectivity index (χ1v) is 10.3. The molecule has 5 heteroatoms. The van der Waals surface area contributed by atoms with Crippen molar-refractivity contribution in [1.82, 2.24) is 10.2 Å². The first-order valence-electron chi connectivity index (χ1n) is 10.3. The van der Waals surface area contributed by atoms with E-state index >= 15 is 0 Å². The Hall–Kier alpha value is -2.82. The van der Waals surface area contributed by atoms with Crippen molar-refractivity contribution >= 4 is 11.8 Å². The smallest absolute Gasteiger partial charge is 0.243 e. The Bertz CT molecular complexity index is 759. The van der Waals surface area contributed by atoms with Crippen LogP contribution in [0.3, 0.4) is 0 Å². The summed E-state index contributed by atoms with van der Waals surface area (Å²) in [5.74, 6) is 0.539. The van der Waals surface area contributed by atoms with Crippen LogP contribution in [0.25, 0.3) is 0 Å². The van der Waals surface area contributed by atoms with Crippen LogP contribution < -0.4 is 10.1 Å². The lowest BCUT2D eigenvalue weighted by molar-refractivity contribution is -0.139. The monoisotopic (exact) mass is 396 g/mol. The molecule has 2 amide bonds. The molecule has 0 unspecified atom stereocenters. The molecule has 0 heterocycles. The van der Waals surface area contributed by atoms with E-state index in [-0.39, 0.29) is 11.8 Å². The molecule has 29 heavy (non-hydrogen) atoms. The molecule has 0 bridgehead atoms. The van der Waals surface area contributed by atoms with E-state index in [1.54, 1.807) is 12.0 Å². The van der Waals surface area contributed by atoms with Crippen LogP contribution in [-0.4, -0.2) is 36.4 Å². The van der Waals surface area contributed by atoms with Gasteiger partial charge in [0, 0.05) is 26.4 Å². The molecule has 0 aromatic heterocycles. The molecule has 0 aliphatic heterocycles. The second-order valence-electron chi connectivity index (χ2n) is 7.20. The van der Waals surface area contributed by atoms with Gasteiger partial charge in [-0.05, 0) is 29.7 Å². The maximum atomic E-state index is 13.0. The van der Waals surface area contributed by atoms with Crippen molar-refractivity contribution in [3.05, 3.63) is 65.7 Å². The Labute approximate surface area is 174 Å². The van der Waals surface area contributed by atoms with Gasteiger partial charge >= 0.3 is 0 Å². The van der Waals surface area contributed by atoms with E-state index in [9.17, 15) is 9.59 Å². The fraction of sp³-hybridized carbons (Fsp3) is 0.417. The molecule has 2 aromatic carbocycles. The van der Waals surface area contributed by atoms with Crippen LogP contribution in [0.15, 0.2) is 54.6 Å². The van der Waals surface area contributed by atoms with Gasteiger partial charge in [0.25, 0.3) is 0 Å². The second-order valence-corrected chi connectivity index (χ2v) is 7.20. The zero-order valence-electron chi connectivity index (χ0n) is 17.7. The molecule has 0 radical (unpaired) electrons. The molecule has 0 spiro atoms. The van der Waals surface area contributed by atoms with E-state index < -0.39 is 6.04 Å². The highest BCUT2D eigenvalue weighted by atomic mass is 16.5. The van der Waals surface area contributed by atoms with Crippen LogP contribution in [0.4, 0.5) is 0 Å². The minimum atomic E-state index is -0.557. The Kier molecular flexibility index (Phi) is 9.22. The first-order chi connectivity index (χ1) is 14.0. The van der Waals surface area contributed by atoms with E-state index in [1.807, 2.05) is 54.6 Å². The summed E-state index contributed by atoms with van der Waals surface area (Å²) >= 11 is 0. The molecular weight excluding hydrogens is 364 g/mol. The fourth-order valence-electron chi connectivity index (χ4n) is 3.25. The van der Waals surface area contributed by atoms with Gasteiger partial charge in [0.1, 0.15) is 11.8 Å². The van der Waals surface area contributed by atoms with Gasteiger partial charge in [0.2, 0.25) is 11.8 Å². The van der Waals surface area contributed by atoms with Gasteiger partial charge < -0.3 is 15.0 Å². The van der Waals surface area contributed by atoms with Crippen LogP contribution in [0, 0.1) is 0 Å². The number of nitrogens with zero attached hydrogens (tertiary/aromatic N) is 1. The SMILES string of the molecule is CCCCCNC(=O)[C@@H](Cc1ccccc1)N(Cc1ccc(OC)cc1)C(C)=O. The van der Waals surface area contributed by atoms with E-state index in [0.717, 1.165) is 36.1 Å². The summed E-state index contributed by atoms with van der Waals surface area (Å²) in [5, 5.41) is 3.02. The van der Waals surface area contributed by atoms with E-state index in [2.05, 4.69) is 12.2 Å². The first kappa shape index (κ1) is 22.5. The summed E-state index contributed by atoms with van der Waals surface area (Å²) in [4.78, 5) is 27.2. The second kappa shape index (κ2) is 11.9. The van der Waals surface area contributed by atoms with Crippen molar-refractivity contribution in [1.29, 1.82) is 0 Å². The Morgan fingerprint density at radius 1 is 1.00 bits per heavy atom. The van der Waals surface area contributed by atoms with Gasteiger partial charge in [-0.25, -0.2) is 0 Å². The van der Waals surface area contributed by atoms with Crippen molar-refractivity contribution in [3.63, 3.8) is 0 Å². The third-order valence-electron chi connectivity index (χ3n) is 4.95. The van der Waals surface area contributed by atoms with E-state index in [0.29, 0.717) is 19.5 Å². The molecule has 156 valence electrons. The summed E-state index contributed by atoms with van der Waals surface area (Å²) in [5.41, 5.74) is 1.99. The lowest BCUT2D eigenvalue weighted by Crippen LogP contribution is -2.50. The number of benzene rings is 2. The normalized spacial score (nSPS) is 11.6. The highest BCUT2D eigenvalue weighted by Gasteiger charge is 2.28. The highest BCUT2D eigenvalue weighted by Crippen LogP contribution is 2.17. The molecule has 1 atom stereocenters. The van der Waals surface area contributed by atoms with Crippen molar-refractivity contribution < 1.29 is 14.3 Å². The average Bonchev–Trinajstić information content (AvgIpc) is 2.74. The molecular formula is C24H32N2O3. The Balaban J connectivity index is 2.20. The maximum Gasteiger partial charge on any atom is 0.243 e. The maximum absolute atomic E-state index is 13.0. The number of rotatable bonds is 11. The quantitative estimate of drug-likeness (QED) is 0.585. The molecule has 2 aromatic rings. The molecule has 1 N–H and O–H groups in total. The number of methoxy groups -OCH3 is 1. The summed E-state index contributed by atoms with van der Waals surface area (Å²) in [6, 6.07) is 16.9. The standard InChI is InChI=1S/C24H32N2O3/c1-4-5-9-16-25-24(28)23(17-20-10-7-6-8-11-20)26(19(2)27)18-21-12-14-22(29-3)15-13-21/h6-8,10-15,23H,4-5,9,16-18H2,1-3H3,(H,25,28)/t23-/m1/s1. The largest absolute Gasteiger partial charge is 0.497 e. The Morgan fingerprint density at radius 2 is 1.69 bits per heavy atom. The summed E-state index contributed by atoms with van der Waals surface area (Å²) in [6.07, 6.45) is 3.60. The third kappa shape index (κ3) is 7.26. The predicted octanol–water partition coefficient (Wildman–Crippen LogP) is 3.96. The van der Waals surface area contributed by atoms with Gasteiger partial charge in [0.15, 0.2) is 0 Å². The van der Waals surface area contributed by atoms with E-state index in [1.165, 1.54) is 6.92 Å². The van der Waals surface area contributed by atoms with Crippen molar-refractivity contribution in [2.45, 2.75) is 52.1 Å². The molecule has 0 saturated carbocycles. The Morgan fingerprint density at radius 3 is 2.28 bits per heavy atom. The van der Waals surface area contributed by atoms with E-state index in [4.69, 9.17) is 4.74 Å². The number of ether oxygens (including phenoxy) is 1. The highest BCUT2D eigenvalue weighted by molar-refractivity contribution is 5.87. The summed E-state index contributed by atoms with van der Waals surface area (Å²) in [6.45, 7) is 4.66. The zero-order valence-corrected chi connectivity index (χ0v) is 17.7. The van der Waals surface area contributed by atoms with Gasteiger partial charge in [-0.3, -0.25) is 9.59 Å². The number of hydrogen-bond donors (Lipinski definition) is 1. The average molecular weight is 397 g/mol. The summed E-state index contributed by atoms with van der Waals surface area (Å²) in [7, 11) is 1.62. The van der Waals surface area contributed by atoms with Crippen molar-refractivity contribution in [2.24, 2.45) is 0 Å². The van der Waals surface area contributed by atoms with Gasteiger partial charge in [-0.2, -0.15) is 0 Å². The number of nitrogens with one attached hydrogen (secondary N) is 1. The minimum Gasteiger partial charge on any atom is -0.497 e. The number of unbranched alkanes of at least 4 members (excludes halogenated alkanes) is 2. The van der Waals surface area contributed by atoms with Gasteiger partial charge in [-0.1, -0.05) is 62.2 Å². The van der Waals surface area contributed by atoms with Crippen LogP contribution >= 0.6 is 0 Å². The lowest BCUT2D eigenvalue weighted by Gasteiger charge is -2.30. The molecule has 5 nitrogen and oxygen atoms in total. The van der Waals surface area contributed by atoms with Crippen molar-refractivity contribution in [3.8, 4) is 5.75 Å². The zero-order chi connectivity index (χ0) is 21.1. The topological polar surface area (TPSA) is 58.6 Å². The third-order valence-corrected chi connectivity index (χ3v) is 4.95. The molecule has 0 fully saturated rings. The summed E-state index contributed by atoms with van der Waals surface area (Å²) < 4.78 is 5.21. The lowest BCUT2D eigenvalue weighted by atomic mass is 10.0. The van der Waals surface area contributed by atoms with Crippen LogP contribution in [0.1, 0.15) is 44.2 Å². The molecule has 2 rings (SSSR count). The molecule has 0 aliphatic carbocycles. The number of amides is 2. The fourth-order valence-corrected chi connectivity index (χ4v) is 3.25. The number of carbonyl (C=O) groups is 2. The minimum absolute atomic E-state index is 0.103. The molecule has 0 saturated heterocycles. The van der Waals surface area contributed by atoms with Gasteiger partial charge in [0.05, 0.1) is 7.11 Å².